The smallest absolute Gasteiger partial charge is 0.275 e. The Balaban J connectivity index is 3.28. The zero-order valence-corrected chi connectivity index (χ0v) is 5.41. The zero-order chi connectivity index (χ0) is 7.49. The Kier molecular flexibility index (Phi) is 3.07. The first-order valence-electron chi connectivity index (χ1n) is 2.84. The van der Waals surface area contributed by atoms with E-state index in [4.69, 9.17) is 21.1 Å². The number of rotatable bonds is 3. The summed E-state index contributed by atoms with van der Waals surface area (Å²) < 4.78 is 0. The minimum absolute atomic E-state index is 0.106. The first-order valence-corrected chi connectivity index (χ1v) is 2.84. The molecule has 0 aliphatic rings. The Hall–Kier alpha value is -0.160. The van der Waals surface area contributed by atoms with Gasteiger partial charge in [0, 0.05) is 12.5 Å². The van der Waals surface area contributed by atoms with E-state index in [1.54, 1.807) is 6.92 Å². The van der Waals surface area contributed by atoms with Crippen LogP contribution in [0.4, 0.5) is 0 Å². The SMILES string of the molecule is CC(N)CCC(O)(O)O. The average molecular weight is 135 g/mol. The second-order valence-electron chi connectivity index (χ2n) is 2.29. The maximum atomic E-state index is 8.32. The van der Waals surface area contributed by atoms with Gasteiger partial charge < -0.3 is 21.1 Å². The van der Waals surface area contributed by atoms with E-state index in [1.165, 1.54) is 0 Å². The van der Waals surface area contributed by atoms with Crippen LogP contribution in [0.3, 0.4) is 0 Å². The normalized spacial score (nSPS) is 15.7. The summed E-state index contributed by atoms with van der Waals surface area (Å²) in [5.41, 5.74) is 5.27. The second-order valence-corrected chi connectivity index (χ2v) is 2.29. The highest BCUT2D eigenvalue weighted by molar-refractivity contribution is 4.56. The second kappa shape index (κ2) is 3.12. The van der Waals surface area contributed by atoms with Crippen molar-refractivity contribution in [1.82, 2.24) is 0 Å². The van der Waals surface area contributed by atoms with Crippen LogP contribution in [0.1, 0.15) is 19.8 Å². The van der Waals surface area contributed by atoms with Crippen LogP contribution in [0.25, 0.3) is 0 Å². The molecule has 5 N–H and O–H groups in total. The van der Waals surface area contributed by atoms with Gasteiger partial charge in [-0.1, -0.05) is 0 Å². The van der Waals surface area contributed by atoms with Gasteiger partial charge in [-0.2, -0.15) is 0 Å². The zero-order valence-electron chi connectivity index (χ0n) is 5.41. The maximum Gasteiger partial charge on any atom is 0.275 e. The van der Waals surface area contributed by atoms with E-state index >= 15 is 0 Å². The lowest BCUT2D eigenvalue weighted by Gasteiger charge is -2.14. The van der Waals surface area contributed by atoms with E-state index in [1.807, 2.05) is 0 Å². The number of nitrogens with two attached hydrogens (primary N) is 1. The predicted octanol–water partition coefficient (Wildman–Crippen LogP) is -1.26. The molecule has 1 unspecified atom stereocenters. The average Bonchev–Trinajstić information content (AvgIpc) is 1.59. The van der Waals surface area contributed by atoms with Crippen LogP contribution in [0.2, 0.25) is 0 Å². The Morgan fingerprint density at radius 3 is 2.00 bits per heavy atom. The van der Waals surface area contributed by atoms with Gasteiger partial charge in [-0.05, 0) is 13.3 Å². The molecule has 0 heterocycles. The van der Waals surface area contributed by atoms with Crippen LogP contribution >= 0.6 is 0 Å². The molecule has 1 atom stereocenters. The van der Waals surface area contributed by atoms with Gasteiger partial charge in [0.15, 0.2) is 0 Å². The summed E-state index contributed by atoms with van der Waals surface area (Å²) in [4.78, 5) is 0. The van der Waals surface area contributed by atoms with Crippen molar-refractivity contribution in [2.75, 3.05) is 0 Å². The number of hydrogen-bond acceptors (Lipinski definition) is 4. The van der Waals surface area contributed by atoms with E-state index in [9.17, 15) is 0 Å². The van der Waals surface area contributed by atoms with Gasteiger partial charge in [0.25, 0.3) is 5.97 Å². The van der Waals surface area contributed by atoms with Gasteiger partial charge in [-0.3, -0.25) is 0 Å². The topological polar surface area (TPSA) is 86.7 Å². The quantitative estimate of drug-likeness (QED) is 0.364. The molecular formula is C5H13NO3. The molecule has 0 fully saturated rings. The first kappa shape index (κ1) is 8.84. The van der Waals surface area contributed by atoms with Crippen LogP contribution < -0.4 is 5.73 Å². The lowest BCUT2D eigenvalue weighted by atomic mass is 10.2. The van der Waals surface area contributed by atoms with Crippen LogP contribution in [-0.2, 0) is 0 Å². The van der Waals surface area contributed by atoms with Crippen LogP contribution in [0.15, 0.2) is 0 Å². The summed E-state index contributed by atoms with van der Waals surface area (Å²) in [6, 6.07) is -0.115. The van der Waals surface area contributed by atoms with Crippen molar-refractivity contribution in [1.29, 1.82) is 0 Å². The van der Waals surface area contributed by atoms with Crippen molar-refractivity contribution in [3.8, 4) is 0 Å². The minimum atomic E-state index is -2.55. The fourth-order valence-electron chi connectivity index (χ4n) is 0.421. The predicted molar refractivity (Wildman–Crippen MR) is 32.3 cm³/mol. The molecule has 0 rings (SSSR count). The molecule has 0 aliphatic carbocycles. The minimum Gasteiger partial charge on any atom is -0.344 e. The molecule has 0 radical (unpaired) electrons. The summed E-state index contributed by atoms with van der Waals surface area (Å²) in [5.74, 6) is -2.55. The van der Waals surface area contributed by atoms with Gasteiger partial charge in [-0.15, -0.1) is 0 Å². The molecule has 0 saturated carbocycles. The third kappa shape index (κ3) is 7.84. The van der Waals surface area contributed by atoms with E-state index in [0.717, 1.165) is 0 Å². The number of aliphatic hydroxyl groups is 3. The Morgan fingerprint density at radius 2 is 1.89 bits per heavy atom. The van der Waals surface area contributed by atoms with E-state index in [-0.39, 0.29) is 12.5 Å². The van der Waals surface area contributed by atoms with E-state index in [2.05, 4.69) is 0 Å². The molecule has 9 heavy (non-hydrogen) atoms. The monoisotopic (exact) mass is 135 g/mol. The van der Waals surface area contributed by atoms with Gasteiger partial charge in [0.1, 0.15) is 0 Å². The lowest BCUT2D eigenvalue weighted by Crippen LogP contribution is -2.29. The van der Waals surface area contributed by atoms with Crippen molar-refractivity contribution in [2.24, 2.45) is 5.73 Å². The molecule has 0 saturated heterocycles. The summed E-state index contributed by atoms with van der Waals surface area (Å²) in [5, 5.41) is 25.0. The fraction of sp³-hybridized carbons (Fsp3) is 1.00. The van der Waals surface area contributed by atoms with Crippen molar-refractivity contribution in [3.63, 3.8) is 0 Å². The largest absolute Gasteiger partial charge is 0.344 e. The van der Waals surface area contributed by atoms with E-state index in [0.29, 0.717) is 6.42 Å². The van der Waals surface area contributed by atoms with Crippen molar-refractivity contribution < 1.29 is 15.3 Å². The van der Waals surface area contributed by atoms with Crippen LogP contribution in [0, 0.1) is 0 Å². The molecule has 0 spiro atoms. The van der Waals surface area contributed by atoms with Crippen LogP contribution in [0.5, 0.6) is 0 Å². The van der Waals surface area contributed by atoms with Crippen molar-refractivity contribution in [3.05, 3.63) is 0 Å². The Morgan fingerprint density at radius 1 is 1.44 bits per heavy atom. The summed E-state index contributed by atoms with van der Waals surface area (Å²) in [6.45, 7) is 1.73. The third-order valence-electron chi connectivity index (χ3n) is 0.935. The molecule has 56 valence electrons. The molecule has 0 amide bonds. The summed E-state index contributed by atoms with van der Waals surface area (Å²) in [7, 11) is 0. The Bertz CT molecular complexity index is 76.8. The molecule has 4 nitrogen and oxygen atoms in total. The van der Waals surface area contributed by atoms with Gasteiger partial charge in [-0.25, -0.2) is 0 Å². The molecule has 0 aromatic carbocycles. The lowest BCUT2D eigenvalue weighted by molar-refractivity contribution is -0.315. The maximum absolute atomic E-state index is 8.32. The summed E-state index contributed by atoms with van der Waals surface area (Å²) in [6.07, 6.45) is 0.286. The highest BCUT2D eigenvalue weighted by Crippen LogP contribution is 2.04. The summed E-state index contributed by atoms with van der Waals surface area (Å²) >= 11 is 0. The molecular weight excluding hydrogens is 122 g/mol. The molecule has 4 heteroatoms. The third-order valence-corrected chi connectivity index (χ3v) is 0.935. The highest BCUT2D eigenvalue weighted by Gasteiger charge is 2.17. The van der Waals surface area contributed by atoms with Crippen LogP contribution in [-0.4, -0.2) is 27.3 Å². The van der Waals surface area contributed by atoms with E-state index < -0.39 is 5.97 Å². The van der Waals surface area contributed by atoms with Crippen molar-refractivity contribution in [2.45, 2.75) is 31.8 Å². The molecule has 0 aromatic rings. The highest BCUT2D eigenvalue weighted by atomic mass is 16.7. The number of hydrogen-bond donors (Lipinski definition) is 4. The molecule has 0 bridgehead atoms. The molecule has 0 aromatic heterocycles. The molecule has 0 aliphatic heterocycles. The Labute approximate surface area is 53.9 Å². The van der Waals surface area contributed by atoms with Gasteiger partial charge in [0.05, 0.1) is 0 Å². The van der Waals surface area contributed by atoms with Gasteiger partial charge in [0.2, 0.25) is 0 Å². The standard InChI is InChI=1S/C5H13NO3/c1-4(6)2-3-5(7,8)9/h4,7-9H,2-3,6H2,1H3. The van der Waals surface area contributed by atoms with Crippen molar-refractivity contribution >= 4 is 0 Å². The fourth-order valence-corrected chi connectivity index (χ4v) is 0.421. The first-order chi connectivity index (χ1) is 3.92. The van der Waals surface area contributed by atoms with Gasteiger partial charge >= 0.3 is 0 Å².